The summed E-state index contributed by atoms with van der Waals surface area (Å²) in [6.07, 6.45) is 2.14. The molecule has 1 aromatic heterocycles. The molecule has 0 radical (unpaired) electrons. The smallest absolute Gasteiger partial charge is 0.183 e. The van der Waals surface area contributed by atoms with Gasteiger partial charge in [0.05, 0.1) is 6.54 Å². The predicted octanol–water partition coefficient (Wildman–Crippen LogP) is 4.83. The number of rotatable bonds is 6. The molecule has 0 atom stereocenters. The minimum Gasteiger partial charge on any atom is -0.379 e. The molecular formula is C18H15ClN2OS. The van der Waals surface area contributed by atoms with Crippen LogP contribution in [0.1, 0.15) is 20.8 Å². The molecule has 0 saturated carbocycles. The number of aromatic nitrogens is 1. The van der Waals surface area contributed by atoms with Crippen LogP contribution in [0.2, 0.25) is 4.47 Å². The maximum atomic E-state index is 12.6. The number of halogens is 1. The van der Waals surface area contributed by atoms with E-state index in [0.29, 0.717) is 23.0 Å². The molecule has 1 N–H and O–H groups in total. The van der Waals surface area contributed by atoms with Gasteiger partial charge in [0.25, 0.3) is 0 Å². The molecule has 0 aliphatic heterocycles. The van der Waals surface area contributed by atoms with Gasteiger partial charge in [-0.3, -0.25) is 4.79 Å². The van der Waals surface area contributed by atoms with Crippen LogP contribution in [0.3, 0.4) is 0 Å². The van der Waals surface area contributed by atoms with E-state index in [-0.39, 0.29) is 5.78 Å². The first-order chi connectivity index (χ1) is 11.2. The molecule has 0 aliphatic rings. The lowest BCUT2D eigenvalue weighted by Gasteiger charge is -2.10. The van der Waals surface area contributed by atoms with Gasteiger partial charge in [0.15, 0.2) is 10.3 Å². The van der Waals surface area contributed by atoms with Crippen molar-refractivity contribution in [2.24, 2.45) is 0 Å². The molecule has 0 spiro atoms. The zero-order valence-electron chi connectivity index (χ0n) is 12.3. The molecule has 2 aromatic carbocycles. The molecule has 0 bridgehead atoms. The number of hydrogen-bond donors (Lipinski definition) is 1. The number of nitrogens with zero attached hydrogens (tertiary/aromatic N) is 1. The number of nitrogens with one attached hydrogen (secondary N) is 1. The van der Waals surface area contributed by atoms with E-state index in [9.17, 15) is 4.79 Å². The van der Waals surface area contributed by atoms with Gasteiger partial charge in [0.1, 0.15) is 0 Å². The molecule has 0 unspecified atom stereocenters. The van der Waals surface area contributed by atoms with Gasteiger partial charge in [-0.15, -0.1) is 11.3 Å². The van der Waals surface area contributed by atoms with E-state index in [4.69, 9.17) is 11.6 Å². The number of benzene rings is 2. The predicted molar refractivity (Wildman–Crippen MR) is 95.4 cm³/mol. The van der Waals surface area contributed by atoms with Gasteiger partial charge in [-0.25, -0.2) is 4.98 Å². The van der Waals surface area contributed by atoms with E-state index in [1.165, 1.54) is 11.3 Å². The fourth-order valence-electron chi connectivity index (χ4n) is 2.30. The molecule has 5 heteroatoms. The van der Waals surface area contributed by atoms with Crippen molar-refractivity contribution in [3.8, 4) is 0 Å². The SMILES string of the molecule is O=C(Cc1ccccc1)c1ccccc1NCc1cnc(Cl)s1. The van der Waals surface area contributed by atoms with Gasteiger partial charge < -0.3 is 5.32 Å². The third-order valence-electron chi connectivity index (χ3n) is 3.41. The van der Waals surface area contributed by atoms with Gasteiger partial charge in [0.2, 0.25) is 0 Å². The highest BCUT2D eigenvalue weighted by atomic mass is 35.5. The zero-order valence-corrected chi connectivity index (χ0v) is 13.9. The highest BCUT2D eigenvalue weighted by Crippen LogP contribution is 2.22. The molecule has 1 heterocycles. The monoisotopic (exact) mass is 342 g/mol. The number of carbonyl (C=O) groups excluding carboxylic acids is 1. The van der Waals surface area contributed by atoms with Gasteiger partial charge in [-0.1, -0.05) is 54.1 Å². The Hall–Kier alpha value is -2.17. The summed E-state index contributed by atoms with van der Waals surface area (Å²) in [5.41, 5.74) is 2.55. The number of thiazole rings is 1. The van der Waals surface area contributed by atoms with Gasteiger partial charge in [-0.2, -0.15) is 0 Å². The van der Waals surface area contributed by atoms with Crippen molar-refractivity contribution in [3.63, 3.8) is 0 Å². The Labute approximate surface area is 144 Å². The van der Waals surface area contributed by atoms with Crippen molar-refractivity contribution in [1.82, 2.24) is 4.98 Å². The second kappa shape index (κ2) is 7.40. The largest absolute Gasteiger partial charge is 0.379 e. The minimum absolute atomic E-state index is 0.0987. The summed E-state index contributed by atoms with van der Waals surface area (Å²) < 4.78 is 0.523. The summed E-state index contributed by atoms with van der Waals surface area (Å²) in [7, 11) is 0. The zero-order chi connectivity index (χ0) is 16.1. The molecule has 0 saturated heterocycles. The van der Waals surface area contributed by atoms with Crippen molar-refractivity contribution >= 4 is 34.4 Å². The molecule has 3 rings (SSSR count). The second-order valence-corrected chi connectivity index (χ2v) is 6.76. The lowest BCUT2D eigenvalue weighted by atomic mass is 10.0. The second-order valence-electron chi connectivity index (χ2n) is 5.06. The topological polar surface area (TPSA) is 42.0 Å². The Morgan fingerprint density at radius 1 is 1.09 bits per heavy atom. The summed E-state index contributed by atoms with van der Waals surface area (Å²) in [6, 6.07) is 17.3. The normalized spacial score (nSPS) is 10.5. The van der Waals surface area contributed by atoms with Crippen LogP contribution in [0.4, 0.5) is 5.69 Å². The van der Waals surface area contributed by atoms with Crippen molar-refractivity contribution in [2.75, 3.05) is 5.32 Å². The first kappa shape index (κ1) is 15.7. The van der Waals surface area contributed by atoms with Crippen LogP contribution in [0, 0.1) is 0 Å². The molecule has 23 heavy (non-hydrogen) atoms. The van der Waals surface area contributed by atoms with Crippen molar-refractivity contribution in [1.29, 1.82) is 0 Å². The van der Waals surface area contributed by atoms with Gasteiger partial charge >= 0.3 is 0 Å². The van der Waals surface area contributed by atoms with Gasteiger partial charge in [-0.05, 0) is 17.7 Å². The molecule has 0 fully saturated rings. The van der Waals surface area contributed by atoms with Gasteiger partial charge in [0, 0.05) is 28.7 Å². The van der Waals surface area contributed by atoms with Crippen LogP contribution in [-0.4, -0.2) is 10.8 Å². The third-order valence-corrected chi connectivity index (χ3v) is 4.53. The summed E-state index contributed by atoms with van der Waals surface area (Å²) in [5, 5.41) is 3.30. The van der Waals surface area contributed by atoms with E-state index >= 15 is 0 Å². The molecule has 3 nitrogen and oxygen atoms in total. The third kappa shape index (κ3) is 4.18. The van der Waals surface area contributed by atoms with Crippen LogP contribution in [0.5, 0.6) is 0 Å². The summed E-state index contributed by atoms with van der Waals surface area (Å²) in [4.78, 5) is 17.6. The summed E-state index contributed by atoms with van der Waals surface area (Å²) >= 11 is 7.27. The first-order valence-electron chi connectivity index (χ1n) is 7.22. The highest BCUT2D eigenvalue weighted by molar-refractivity contribution is 7.15. The number of Topliss-reactive ketones (excluding diaryl/α,β-unsaturated/α-hetero) is 1. The van der Waals surface area contributed by atoms with Crippen molar-refractivity contribution < 1.29 is 4.79 Å². The average Bonchev–Trinajstić information content (AvgIpc) is 2.99. The number of para-hydroxylation sites is 1. The lowest BCUT2D eigenvalue weighted by molar-refractivity contribution is 0.0993. The van der Waals surface area contributed by atoms with Crippen LogP contribution in [-0.2, 0) is 13.0 Å². The van der Waals surface area contributed by atoms with Crippen LogP contribution < -0.4 is 5.32 Å². The average molecular weight is 343 g/mol. The number of ketones is 1. The number of carbonyl (C=O) groups is 1. The Bertz CT molecular complexity index is 802. The maximum absolute atomic E-state index is 12.6. The Morgan fingerprint density at radius 2 is 1.83 bits per heavy atom. The molecule has 0 amide bonds. The van der Waals surface area contributed by atoms with Crippen LogP contribution in [0.15, 0.2) is 60.8 Å². The summed E-state index contributed by atoms with van der Waals surface area (Å²) in [5.74, 6) is 0.0987. The first-order valence-corrected chi connectivity index (χ1v) is 8.42. The Balaban J connectivity index is 1.73. The van der Waals surface area contributed by atoms with Crippen molar-refractivity contribution in [2.45, 2.75) is 13.0 Å². The molecule has 116 valence electrons. The van der Waals surface area contributed by atoms with E-state index < -0.39 is 0 Å². The molecule has 3 aromatic rings. The van der Waals surface area contributed by atoms with Crippen molar-refractivity contribution in [3.05, 3.63) is 81.3 Å². The number of hydrogen-bond acceptors (Lipinski definition) is 4. The summed E-state index contributed by atoms with van der Waals surface area (Å²) in [6.45, 7) is 0.597. The molecular weight excluding hydrogens is 328 g/mol. The van der Waals surface area contributed by atoms with Crippen LogP contribution >= 0.6 is 22.9 Å². The van der Waals surface area contributed by atoms with E-state index in [1.807, 2.05) is 54.6 Å². The molecule has 0 aliphatic carbocycles. The minimum atomic E-state index is 0.0987. The maximum Gasteiger partial charge on any atom is 0.183 e. The van der Waals surface area contributed by atoms with E-state index in [2.05, 4.69) is 10.3 Å². The highest BCUT2D eigenvalue weighted by Gasteiger charge is 2.12. The Kier molecular flexibility index (Phi) is 5.05. The number of anilines is 1. The quantitative estimate of drug-likeness (QED) is 0.652. The standard InChI is InChI=1S/C18H15ClN2OS/c19-18-21-12-14(23-18)11-20-16-9-5-4-8-15(16)17(22)10-13-6-2-1-3-7-13/h1-9,12,20H,10-11H2. The van der Waals surface area contributed by atoms with Crippen LogP contribution in [0.25, 0.3) is 0 Å². The van der Waals surface area contributed by atoms with E-state index in [1.54, 1.807) is 6.20 Å². The fourth-order valence-corrected chi connectivity index (χ4v) is 3.22. The lowest BCUT2D eigenvalue weighted by Crippen LogP contribution is -2.08. The Morgan fingerprint density at radius 3 is 2.57 bits per heavy atom. The van der Waals surface area contributed by atoms with E-state index in [0.717, 1.165) is 16.1 Å². The fraction of sp³-hybridized carbons (Fsp3) is 0.111.